The van der Waals surface area contributed by atoms with Crippen LogP contribution in [0.1, 0.15) is 33.1 Å². The van der Waals surface area contributed by atoms with Crippen LogP contribution in [0.15, 0.2) is 130 Å². The molecule has 12 aromatic heterocycles. The van der Waals surface area contributed by atoms with Crippen molar-refractivity contribution in [2.24, 2.45) is 0 Å². The maximum absolute atomic E-state index is 4.66. The molecule has 15 rings (SSSR count). The van der Waals surface area contributed by atoms with Gasteiger partial charge in [0.1, 0.15) is 36.4 Å². The van der Waals surface area contributed by atoms with E-state index < -0.39 is 0 Å². The van der Waals surface area contributed by atoms with E-state index in [0.29, 0.717) is 40.4 Å². The first-order valence-corrected chi connectivity index (χ1v) is 28.3. The topological polar surface area (TPSA) is 306 Å². The maximum Gasteiger partial charge on any atom is 0.199 e. The summed E-state index contributed by atoms with van der Waals surface area (Å²) >= 11 is 0. The monoisotopic (exact) mass is 1140 g/mol. The van der Waals surface area contributed by atoms with E-state index >= 15 is 0 Å². The Morgan fingerprint density at radius 3 is 1.08 bits per heavy atom. The van der Waals surface area contributed by atoms with E-state index in [9.17, 15) is 0 Å². The highest BCUT2D eigenvalue weighted by Crippen LogP contribution is 2.29. The third kappa shape index (κ3) is 11.9. The molecule has 0 aliphatic carbocycles. The molecule has 0 spiro atoms. The first-order valence-electron chi connectivity index (χ1n) is 28.3. The highest BCUT2D eigenvalue weighted by Gasteiger charge is 2.22. The van der Waals surface area contributed by atoms with E-state index in [1.807, 2.05) is 48.9 Å². The molecular formula is C56H63N29. The number of hydrogen-bond acceptors (Lipinski definition) is 23. The van der Waals surface area contributed by atoms with Gasteiger partial charge in [0.15, 0.2) is 34.4 Å². The highest BCUT2D eigenvalue weighted by molar-refractivity contribution is 5.76. The predicted octanol–water partition coefficient (Wildman–Crippen LogP) is 6.23. The second-order valence-corrected chi connectivity index (χ2v) is 21.0. The summed E-state index contributed by atoms with van der Waals surface area (Å²) in [5.74, 6) is 4.90. The van der Waals surface area contributed by atoms with Crippen LogP contribution < -0.4 is 30.7 Å². The Morgan fingerprint density at radius 1 is 0.388 bits per heavy atom. The van der Waals surface area contributed by atoms with Gasteiger partial charge in [0, 0.05) is 107 Å². The number of aromatic amines is 3. The van der Waals surface area contributed by atoms with Crippen LogP contribution >= 0.6 is 0 Å². The second-order valence-electron chi connectivity index (χ2n) is 21.0. The van der Waals surface area contributed by atoms with Crippen molar-refractivity contribution in [3.63, 3.8) is 0 Å². The van der Waals surface area contributed by atoms with E-state index in [1.165, 1.54) is 38.2 Å². The van der Waals surface area contributed by atoms with Crippen LogP contribution in [0.25, 0.3) is 50.7 Å². The number of fused-ring (bicyclic) bond motifs is 3. The lowest BCUT2D eigenvalue weighted by molar-refractivity contribution is 0.209. The first kappa shape index (κ1) is 53.7. The van der Waals surface area contributed by atoms with Crippen LogP contribution in [-0.2, 0) is 0 Å². The van der Waals surface area contributed by atoms with Crippen molar-refractivity contribution in [2.75, 3.05) is 103 Å². The van der Waals surface area contributed by atoms with Crippen LogP contribution in [0.3, 0.4) is 0 Å². The Labute approximate surface area is 487 Å². The normalized spacial score (nSPS) is 15.0. The summed E-state index contributed by atoms with van der Waals surface area (Å²) < 4.78 is 5.23. The summed E-state index contributed by atoms with van der Waals surface area (Å²) in [5, 5.41) is 43.2. The van der Waals surface area contributed by atoms with Gasteiger partial charge < -0.3 is 35.6 Å². The van der Waals surface area contributed by atoms with Crippen molar-refractivity contribution in [3.05, 3.63) is 130 Å². The lowest BCUT2D eigenvalue weighted by Gasteiger charge is -2.37. The Bertz CT molecular complexity index is 4040. The van der Waals surface area contributed by atoms with Crippen molar-refractivity contribution < 1.29 is 0 Å². The average Bonchev–Trinajstić information content (AvgIpc) is 4.61. The largest absolute Gasteiger partial charge is 0.357 e. The van der Waals surface area contributed by atoms with Crippen LogP contribution in [-0.4, -0.2) is 193 Å². The van der Waals surface area contributed by atoms with Crippen molar-refractivity contribution in [2.45, 2.75) is 39.2 Å². The molecule has 3 aliphatic rings. The van der Waals surface area contributed by atoms with Gasteiger partial charge in [0.25, 0.3) is 0 Å². The van der Waals surface area contributed by atoms with Gasteiger partial charge in [0.2, 0.25) is 0 Å². The van der Waals surface area contributed by atoms with Crippen LogP contribution in [0, 0.1) is 0 Å². The molecule has 12 aromatic rings. The molecular weight excluding hydrogens is 1080 g/mol. The van der Waals surface area contributed by atoms with Crippen LogP contribution in [0.5, 0.6) is 0 Å². The van der Waals surface area contributed by atoms with Gasteiger partial charge in [-0.15, -0.1) is 0 Å². The Hall–Kier alpha value is -10.6. The number of rotatable bonds is 13. The molecule has 29 heteroatoms. The number of aromatic nitrogens is 21. The number of likely N-dealkylation sites (N-methyl/N-ethyl adjacent to an activating group) is 1. The van der Waals surface area contributed by atoms with E-state index in [-0.39, 0.29) is 0 Å². The quantitative estimate of drug-likeness (QED) is 0.0745. The molecule has 15 heterocycles. The van der Waals surface area contributed by atoms with Crippen molar-refractivity contribution in [1.82, 2.24) is 114 Å². The summed E-state index contributed by atoms with van der Waals surface area (Å²) in [4.78, 5) is 52.3. The highest BCUT2D eigenvalue weighted by atomic mass is 15.3. The second kappa shape index (κ2) is 24.5. The standard InChI is InChI=1S/C20H24N10.C18H20N10.C18H19N9/c1-14(2)28-5-7-29(8-6-28)18-4-3-16(11-21-18)27-19-20-23-13-26-30(20)17(12-22-19)15-9-24-25-10-15;1-26-4-6-27(7-5-26)16-3-2-14(10-19-16)25-17-18-21-12-24-28(18)15(11-20-17)13-8-22-23-9-13;1-2-6-26(7-3-1)16-5-4-14(10-19-16)25-17-18-21-12-24-27(18)15(11-20-17)13-8-22-23-9-13/h3-4,9-14H,5-8H2,1-2H3,(H,22,27)(H,24,25);2-3,8-12H,4-7H2,1H3,(H,20,25)(H,22,23);4-5,8-12H,1-3,6-7H2,(H,20,25)(H,22,23). The Balaban J connectivity index is 0.000000119. The lowest BCUT2D eigenvalue weighted by atomic mass is 10.1. The number of hydrogen-bond donors (Lipinski definition) is 6. The third-order valence-corrected chi connectivity index (χ3v) is 15.2. The molecule has 0 unspecified atom stereocenters. The zero-order valence-corrected chi connectivity index (χ0v) is 47.2. The fourth-order valence-electron chi connectivity index (χ4n) is 10.5. The van der Waals surface area contributed by atoms with Gasteiger partial charge in [0.05, 0.1) is 89.9 Å². The van der Waals surface area contributed by atoms with Gasteiger partial charge in [-0.05, 0) is 76.6 Å². The summed E-state index contributed by atoms with van der Waals surface area (Å²) in [6.07, 6.45) is 29.7. The van der Waals surface area contributed by atoms with E-state index in [2.05, 4.69) is 158 Å². The molecule has 0 amide bonds. The van der Waals surface area contributed by atoms with Gasteiger partial charge in [-0.3, -0.25) is 20.2 Å². The number of nitrogens with zero attached hydrogens (tertiary/aromatic N) is 23. The fourth-order valence-corrected chi connectivity index (χ4v) is 10.5. The number of pyridine rings is 3. The van der Waals surface area contributed by atoms with E-state index in [0.717, 1.165) is 134 Å². The summed E-state index contributed by atoms with van der Waals surface area (Å²) in [6.45, 7) is 14.9. The molecule has 6 N–H and O–H groups in total. The van der Waals surface area contributed by atoms with Crippen LogP contribution in [0.2, 0.25) is 0 Å². The van der Waals surface area contributed by atoms with E-state index in [4.69, 9.17) is 0 Å². The molecule has 0 saturated carbocycles. The van der Waals surface area contributed by atoms with Gasteiger partial charge in [-0.2, -0.15) is 30.6 Å². The number of piperidine rings is 1. The predicted molar refractivity (Wildman–Crippen MR) is 322 cm³/mol. The number of anilines is 9. The minimum Gasteiger partial charge on any atom is -0.357 e. The van der Waals surface area contributed by atoms with Crippen molar-refractivity contribution in [1.29, 1.82) is 0 Å². The molecule has 3 aliphatic heterocycles. The molecule has 432 valence electrons. The maximum atomic E-state index is 4.66. The van der Waals surface area contributed by atoms with Crippen molar-refractivity contribution in [3.8, 4) is 33.8 Å². The minimum atomic E-state index is 0.591. The first-order chi connectivity index (χ1) is 41.8. The van der Waals surface area contributed by atoms with Gasteiger partial charge >= 0.3 is 0 Å². The number of piperazine rings is 2. The van der Waals surface area contributed by atoms with Gasteiger partial charge in [-0.25, -0.2) is 58.4 Å². The molecule has 0 radical (unpaired) electrons. The molecule has 3 saturated heterocycles. The van der Waals surface area contributed by atoms with Crippen molar-refractivity contribution >= 4 is 68.9 Å². The SMILES string of the molecule is CC(C)N1CCN(c2ccc(Nc3ncc(-c4cn[nH]c4)n4ncnc34)cn2)CC1.CN1CCN(c2ccc(Nc3ncc(-c4cn[nH]c4)n4ncnc34)cn2)CC1.c1nc2c(Nc3ccc(N4CCCCC4)nc3)ncc(-c3cn[nH]c3)n2n1. The molecule has 0 atom stereocenters. The van der Waals surface area contributed by atoms with Gasteiger partial charge in [-0.1, -0.05) is 0 Å². The smallest absolute Gasteiger partial charge is 0.199 e. The zero-order valence-electron chi connectivity index (χ0n) is 47.2. The minimum absolute atomic E-state index is 0.591. The summed E-state index contributed by atoms with van der Waals surface area (Å²) in [7, 11) is 2.15. The van der Waals surface area contributed by atoms with Crippen LogP contribution in [0.4, 0.5) is 52.0 Å². The molecule has 29 nitrogen and oxygen atoms in total. The average molecular weight is 1140 g/mol. The molecule has 0 aromatic carbocycles. The number of H-pyrrole nitrogens is 3. The Morgan fingerprint density at radius 2 is 0.753 bits per heavy atom. The summed E-state index contributed by atoms with van der Waals surface area (Å²) in [5.41, 5.74) is 9.64. The summed E-state index contributed by atoms with van der Waals surface area (Å²) in [6, 6.07) is 12.8. The number of nitrogens with one attached hydrogen (secondary N) is 6. The Kier molecular flexibility index (Phi) is 15.5. The third-order valence-electron chi connectivity index (χ3n) is 15.2. The molecule has 85 heavy (non-hydrogen) atoms. The fraction of sp³-hybridized carbons (Fsp3) is 0.304. The molecule has 3 fully saturated rings. The zero-order chi connectivity index (χ0) is 57.5. The molecule has 0 bridgehead atoms. The van der Waals surface area contributed by atoms with E-state index in [1.54, 1.807) is 69.3 Å². The lowest BCUT2D eigenvalue weighted by Crippen LogP contribution is -2.49.